The number of rotatable bonds is 5. The van der Waals surface area contributed by atoms with Gasteiger partial charge < -0.3 is 13.9 Å². The Labute approximate surface area is 115 Å². The SMILES string of the molecule is CCOC(=O)c1c(C)oc2ncn(CCOC)c(=O)c12. The first-order valence-corrected chi connectivity index (χ1v) is 6.24. The molecule has 2 rings (SSSR count). The number of furan rings is 1. The van der Waals surface area contributed by atoms with Crippen LogP contribution in [0.4, 0.5) is 0 Å². The topological polar surface area (TPSA) is 83.6 Å². The molecule has 0 bridgehead atoms. The summed E-state index contributed by atoms with van der Waals surface area (Å²) in [5.41, 5.74) is -0.0534. The molecule has 2 aromatic heterocycles. The molecular weight excluding hydrogens is 264 g/mol. The predicted molar refractivity (Wildman–Crippen MR) is 70.8 cm³/mol. The number of hydrogen-bond acceptors (Lipinski definition) is 6. The first kappa shape index (κ1) is 14.3. The molecule has 0 saturated heterocycles. The molecule has 0 aliphatic carbocycles. The predicted octanol–water partition coefficient (Wildman–Crippen LogP) is 1.12. The van der Waals surface area contributed by atoms with Gasteiger partial charge in [-0.3, -0.25) is 9.36 Å². The molecule has 0 radical (unpaired) electrons. The van der Waals surface area contributed by atoms with E-state index in [0.717, 1.165) is 0 Å². The van der Waals surface area contributed by atoms with E-state index in [1.165, 1.54) is 10.9 Å². The average Bonchev–Trinajstić information content (AvgIpc) is 2.75. The molecule has 0 unspecified atom stereocenters. The molecule has 0 aliphatic heterocycles. The van der Waals surface area contributed by atoms with Crippen molar-refractivity contribution in [1.82, 2.24) is 9.55 Å². The van der Waals surface area contributed by atoms with Gasteiger partial charge in [0.15, 0.2) is 0 Å². The second kappa shape index (κ2) is 5.87. The second-order valence-corrected chi connectivity index (χ2v) is 4.17. The summed E-state index contributed by atoms with van der Waals surface area (Å²) in [5.74, 6) is -0.250. The largest absolute Gasteiger partial charge is 0.462 e. The summed E-state index contributed by atoms with van der Waals surface area (Å²) in [6, 6.07) is 0. The maximum atomic E-state index is 12.4. The van der Waals surface area contributed by atoms with E-state index in [-0.39, 0.29) is 28.8 Å². The molecule has 20 heavy (non-hydrogen) atoms. The van der Waals surface area contributed by atoms with Crippen LogP contribution in [-0.4, -0.2) is 35.8 Å². The number of fused-ring (bicyclic) bond motifs is 1. The van der Waals surface area contributed by atoms with Crippen LogP contribution in [0, 0.1) is 6.92 Å². The highest BCUT2D eigenvalue weighted by atomic mass is 16.5. The van der Waals surface area contributed by atoms with Crippen LogP contribution in [0.1, 0.15) is 23.0 Å². The molecule has 108 valence electrons. The number of esters is 1. The van der Waals surface area contributed by atoms with E-state index < -0.39 is 5.97 Å². The zero-order chi connectivity index (χ0) is 14.7. The highest BCUT2D eigenvalue weighted by Crippen LogP contribution is 2.21. The van der Waals surface area contributed by atoms with Crippen LogP contribution in [0.25, 0.3) is 11.1 Å². The van der Waals surface area contributed by atoms with Crippen molar-refractivity contribution >= 4 is 17.1 Å². The Morgan fingerprint density at radius 2 is 2.25 bits per heavy atom. The molecule has 0 aromatic carbocycles. The Bertz CT molecular complexity index is 686. The third-order valence-electron chi connectivity index (χ3n) is 2.87. The average molecular weight is 280 g/mol. The fourth-order valence-electron chi connectivity index (χ4n) is 1.94. The van der Waals surface area contributed by atoms with Crippen LogP contribution in [0.3, 0.4) is 0 Å². The fourth-order valence-corrected chi connectivity index (χ4v) is 1.94. The minimum atomic E-state index is -0.577. The summed E-state index contributed by atoms with van der Waals surface area (Å²) in [5, 5.41) is 0.152. The number of carbonyl (C=O) groups is 1. The molecule has 0 aliphatic rings. The quantitative estimate of drug-likeness (QED) is 0.763. The number of methoxy groups -OCH3 is 1. The third kappa shape index (κ3) is 2.44. The van der Waals surface area contributed by atoms with Gasteiger partial charge in [0.1, 0.15) is 23.0 Å². The van der Waals surface area contributed by atoms with Gasteiger partial charge in [-0.1, -0.05) is 0 Å². The fraction of sp³-hybridized carbons (Fsp3) is 0.462. The van der Waals surface area contributed by atoms with Gasteiger partial charge in [0.2, 0.25) is 5.71 Å². The van der Waals surface area contributed by atoms with E-state index in [1.54, 1.807) is 21.0 Å². The summed E-state index contributed by atoms with van der Waals surface area (Å²) >= 11 is 0. The number of carbonyl (C=O) groups excluding carboxylic acids is 1. The van der Waals surface area contributed by atoms with Crippen LogP contribution in [-0.2, 0) is 16.0 Å². The third-order valence-corrected chi connectivity index (χ3v) is 2.87. The summed E-state index contributed by atoms with van der Waals surface area (Å²) < 4.78 is 16.6. The Kier molecular flexibility index (Phi) is 4.19. The molecule has 0 N–H and O–H groups in total. The van der Waals surface area contributed by atoms with E-state index in [1.807, 2.05) is 0 Å². The molecule has 0 atom stereocenters. The van der Waals surface area contributed by atoms with E-state index in [9.17, 15) is 9.59 Å². The van der Waals surface area contributed by atoms with Crippen LogP contribution >= 0.6 is 0 Å². The smallest absolute Gasteiger partial charge is 0.342 e. The number of nitrogens with zero attached hydrogens (tertiary/aromatic N) is 2. The summed E-state index contributed by atoms with van der Waals surface area (Å²) in [7, 11) is 1.54. The van der Waals surface area contributed by atoms with Gasteiger partial charge in [0, 0.05) is 7.11 Å². The standard InChI is InChI=1S/C13H16N2O5/c1-4-19-13(17)9-8(2)20-11-10(9)12(16)15(7-14-11)5-6-18-3/h7H,4-6H2,1-3H3. The monoisotopic (exact) mass is 280 g/mol. The summed E-state index contributed by atoms with van der Waals surface area (Å²) in [4.78, 5) is 28.4. The number of aromatic nitrogens is 2. The molecule has 0 spiro atoms. The first-order chi connectivity index (χ1) is 9.60. The Hall–Kier alpha value is -2.15. The van der Waals surface area contributed by atoms with Gasteiger partial charge in [0.05, 0.1) is 19.8 Å². The van der Waals surface area contributed by atoms with E-state index >= 15 is 0 Å². The van der Waals surface area contributed by atoms with E-state index in [0.29, 0.717) is 18.9 Å². The van der Waals surface area contributed by atoms with Crippen LogP contribution in [0.15, 0.2) is 15.5 Å². The van der Waals surface area contributed by atoms with Crippen molar-refractivity contribution in [2.24, 2.45) is 0 Å². The van der Waals surface area contributed by atoms with Crippen molar-refractivity contribution < 1.29 is 18.7 Å². The highest BCUT2D eigenvalue weighted by molar-refractivity contribution is 6.03. The first-order valence-electron chi connectivity index (χ1n) is 6.24. The maximum Gasteiger partial charge on any atom is 0.342 e. The van der Waals surface area contributed by atoms with Crippen molar-refractivity contribution in [3.63, 3.8) is 0 Å². The van der Waals surface area contributed by atoms with Gasteiger partial charge in [-0.15, -0.1) is 0 Å². The summed E-state index contributed by atoms with van der Waals surface area (Å²) in [6.07, 6.45) is 1.38. The Morgan fingerprint density at radius 3 is 2.90 bits per heavy atom. The van der Waals surface area contributed by atoms with Crippen molar-refractivity contribution in [2.75, 3.05) is 20.3 Å². The molecule has 7 heteroatoms. The molecule has 2 heterocycles. The highest BCUT2D eigenvalue weighted by Gasteiger charge is 2.23. The lowest BCUT2D eigenvalue weighted by Gasteiger charge is -2.04. The maximum absolute atomic E-state index is 12.4. The van der Waals surface area contributed by atoms with Gasteiger partial charge in [-0.2, -0.15) is 0 Å². The zero-order valence-corrected chi connectivity index (χ0v) is 11.6. The van der Waals surface area contributed by atoms with Gasteiger partial charge in [-0.05, 0) is 13.8 Å². The van der Waals surface area contributed by atoms with Crippen molar-refractivity contribution in [1.29, 1.82) is 0 Å². The molecule has 0 amide bonds. The molecular formula is C13H16N2O5. The van der Waals surface area contributed by atoms with Crippen molar-refractivity contribution in [2.45, 2.75) is 20.4 Å². The van der Waals surface area contributed by atoms with Crippen molar-refractivity contribution in [3.8, 4) is 0 Å². The lowest BCUT2D eigenvalue weighted by atomic mass is 10.2. The zero-order valence-electron chi connectivity index (χ0n) is 11.6. The van der Waals surface area contributed by atoms with Crippen LogP contribution in [0.2, 0.25) is 0 Å². The second-order valence-electron chi connectivity index (χ2n) is 4.17. The normalized spacial score (nSPS) is 10.9. The van der Waals surface area contributed by atoms with E-state index in [2.05, 4.69) is 4.98 Å². The van der Waals surface area contributed by atoms with Crippen molar-refractivity contribution in [3.05, 3.63) is 28.0 Å². The van der Waals surface area contributed by atoms with Crippen LogP contribution < -0.4 is 5.56 Å². The lowest BCUT2D eigenvalue weighted by Crippen LogP contribution is -2.23. The molecule has 0 saturated carbocycles. The Morgan fingerprint density at radius 1 is 1.50 bits per heavy atom. The minimum absolute atomic E-state index is 0.143. The number of aryl methyl sites for hydroxylation is 1. The minimum Gasteiger partial charge on any atom is -0.462 e. The van der Waals surface area contributed by atoms with Gasteiger partial charge >= 0.3 is 5.97 Å². The molecule has 2 aromatic rings. The number of hydrogen-bond donors (Lipinski definition) is 0. The molecule has 0 fully saturated rings. The summed E-state index contributed by atoms with van der Waals surface area (Å²) in [6.45, 7) is 4.25. The lowest BCUT2D eigenvalue weighted by molar-refractivity contribution is 0.0526. The van der Waals surface area contributed by atoms with Gasteiger partial charge in [-0.25, -0.2) is 9.78 Å². The molecule has 7 nitrogen and oxygen atoms in total. The van der Waals surface area contributed by atoms with E-state index in [4.69, 9.17) is 13.9 Å². The van der Waals surface area contributed by atoms with Gasteiger partial charge in [0.25, 0.3) is 5.56 Å². The van der Waals surface area contributed by atoms with Crippen LogP contribution in [0.5, 0.6) is 0 Å². The Balaban J connectivity index is 2.60. The number of ether oxygens (including phenoxy) is 2.